The molecule has 0 heterocycles. The largest absolute Gasteiger partial charge is 0.326 e. The molecule has 1 aromatic rings. The first-order chi connectivity index (χ1) is 8.22. The van der Waals surface area contributed by atoms with E-state index >= 15 is 0 Å². The van der Waals surface area contributed by atoms with E-state index in [4.69, 9.17) is 5.73 Å². The third kappa shape index (κ3) is 4.14. The van der Waals surface area contributed by atoms with Crippen LogP contribution in [0.2, 0.25) is 0 Å². The van der Waals surface area contributed by atoms with E-state index in [2.05, 4.69) is 49.9 Å². The normalized spacial score (nSPS) is 13.0. The number of hydrogen-bond donors (Lipinski definition) is 1. The predicted molar refractivity (Wildman–Crippen MR) is 74.9 cm³/mol. The quantitative estimate of drug-likeness (QED) is 0.784. The minimum atomic E-state index is 0.502. The Balaban J connectivity index is 2.73. The fraction of sp³-hybridized carbons (Fsp3) is 0.600. The molecule has 0 saturated carbocycles. The van der Waals surface area contributed by atoms with Crippen LogP contribution in [0.3, 0.4) is 0 Å². The Hall–Kier alpha value is -0.860. The summed E-state index contributed by atoms with van der Waals surface area (Å²) in [5, 5.41) is 0. The highest BCUT2D eigenvalue weighted by Gasteiger charge is 2.13. The Morgan fingerprint density at radius 3 is 2.00 bits per heavy atom. The molecule has 0 aliphatic heterocycles. The van der Waals surface area contributed by atoms with E-state index in [1.54, 1.807) is 0 Å². The van der Waals surface area contributed by atoms with Crippen LogP contribution >= 0.6 is 0 Å². The van der Waals surface area contributed by atoms with Crippen molar-refractivity contribution in [1.29, 1.82) is 0 Å². The maximum atomic E-state index is 5.62. The Morgan fingerprint density at radius 1 is 1.06 bits per heavy atom. The molecule has 1 aromatic carbocycles. The Kier molecular flexibility index (Phi) is 6.23. The van der Waals surface area contributed by atoms with Gasteiger partial charge in [0.2, 0.25) is 0 Å². The zero-order valence-corrected chi connectivity index (χ0v) is 11.4. The van der Waals surface area contributed by atoms with Crippen LogP contribution < -0.4 is 5.73 Å². The summed E-state index contributed by atoms with van der Waals surface area (Å²) < 4.78 is 0. The van der Waals surface area contributed by atoms with Crippen molar-refractivity contribution in [1.82, 2.24) is 4.90 Å². The molecule has 1 unspecified atom stereocenters. The van der Waals surface area contributed by atoms with Gasteiger partial charge in [0.1, 0.15) is 0 Å². The molecule has 1 atom stereocenters. The van der Waals surface area contributed by atoms with E-state index in [1.165, 1.54) is 37.1 Å². The van der Waals surface area contributed by atoms with E-state index in [0.717, 1.165) is 0 Å². The monoisotopic (exact) mass is 234 g/mol. The number of hydrogen-bond acceptors (Lipinski definition) is 2. The second kappa shape index (κ2) is 7.46. The molecule has 0 aliphatic carbocycles. The zero-order chi connectivity index (χ0) is 12.7. The van der Waals surface area contributed by atoms with E-state index in [0.29, 0.717) is 12.6 Å². The van der Waals surface area contributed by atoms with Crippen LogP contribution in [0.5, 0.6) is 0 Å². The smallest absolute Gasteiger partial charge is 0.0319 e. The molecule has 2 N–H and O–H groups in total. The standard InChI is InChI=1S/C15H26N2/c1-4-10-17(11-5-2)13(3)15-8-6-14(12-16)7-9-15/h6-9,13H,4-5,10-12,16H2,1-3H3. The number of nitrogens with two attached hydrogens (primary N) is 1. The molecule has 0 amide bonds. The molecule has 0 bridgehead atoms. The summed E-state index contributed by atoms with van der Waals surface area (Å²) >= 11 is 0. The summed E-state index contributed by atoms with van der Waals surface area (Å²) in [5.74, 6) is 0. The van der Waals surface area contributed by atoms with Crippen molar-refractivity contribution in [2.45, 2.75) is 46.2 Å². The molecular weight excluding hydrogens is 208 g/mol. The van der Waals surface area contributed by atoms with Gasteiger partial charge in [-0.3, -0.25) is 4.90 Å². The minimum Gasteiger partial charge on any atom is -0.326 e. The molecule has 0 fully saturated rings. The van der Waals surface area contributed by atoms with Crippen LogP contribution in [0.1, 0.15) is 50.8 Å². The Morgan fingerprint density at radius 2 is 1.59 bits per heavy atom. The maximum absolute atomic E-state index is 5.62. The van der Waals surface area contributed by atoms with Gasteiger partial charge >= 0.3 is 0 Å². The molecular formula is C15H26N2. The number of nitrogens with zero attached hydrogens (tertiary/aromatic N) is 1. The molecule has 0 aliphatic rings. The second-order valence-corrected chi connectivity index (χ2v) is 4.66. The van der Waals surface area contributed by atoms with Crippen molar-refractivity contribution in [2.75, 3.05) is 13.1 Å². The second-order valence-electron chi connectivity index (χ2n) is 4.66. The first kappa shape index (κ1) is 14.2. The van der Waals surface area contributed by atoms with Crippen LogP contribution in [0.4, 0.5) is 0 Å². The molecule has 0 spiro atoms. The lowest BCUT2D eigenvalue weighted by molar-refractivity contribution is 0.211. The van der Waals surface area contributed by atoms with Crippen LogP contribution in [0, 0.1) is 0 Å². The van der Waals surface area contributed by atoms with Gasteiger partial charge in [-0.1, -0.05) is 38.1 Å². The van der Waals surface area contributed by atoms with Gasteiger partial charge in [0.15, 0.2) is 0 Å². The lowest BCUT2D eigenvalue weighted by Gasteiger charge is -2.28. The van der Waals surface area contributed by atoms with Gasteiger partial charge in [-0.15, -0.1) is 0 Å². The number of rotatable bonds is 7. The van der Waals surface area contributed by atoms with Crippen molar-refractivity contribution < 1.29 is 0 Å². The third-order valence-electron chi connectivity index (χ3n) is 3.27. The molecule has 1 rings (SSSR count). The van der Waals surface area contributed by atoms with Crippen LogP contribution in [-0.4, -0.2) is 18.0 Å². The minimum absolute atomic E-state index is 0.502. The summed E-state index contributed by atoms with van der Waals surface area (Å²) in [6.45, 7) is 9.76. The molecule has 0 aromatic heterocycles. The molecule has 2 heteroatoms. The van der Waals surface area contributed by atoms with Crippen LogP contribution in [0.25, 0.3) is 0 Å². The fourth-order valence-corrected chi connectivity index (χ4v) is 2.22. The lowest BCUT2D eigenvalue weighted by Crippen LogP contribution is -2.28. The summed E-state index contributed by atoms with van der Waals surface area (Å²) in [6.07, 6.45) is 2.43. The first-order valence-electron chi connectivity index (χ1n) is 6.75. The number of benzene rings is 1. The predicted octanol–water partition coefficient (Wildman–Crippen LogP) is 3.33. The lowest BCUT2D eigenvalue weighted by atomic mass is 10.0. The first-order valence-corrected chi connectivity index (χ1v) is 6.75. The SMILES string of the molecule is CCCN(CCC)C(C)c1ccc(CN)cc1. The van der Waals surface area contributed by atoms with Gasteiger partial charge in [0.25, 0.3) is 0 Å². The van der Waals surface area contributed by atoms with Crippen molar-refractivity contribution in [3.63, 3.8) is 0 Å². The summed E-state index contributed by atoms with van der Waals surface area (Å²) in [4.78, 5) is 2.55. The van der Waals surface area contributed by atoms with Gasteiger partial charge in [0, 0.05) is 12.6 Å². The Bertz CT molecular complexity index is 299. The van der Waals surface area contributed by atoms with Crippen LogP contribution in [-0.2, 0) is 6.54 Å². The topological polar surface area (TPSA) is 29.3 Å². The third-order valence-corrected chi connectivity index (χ3v) is 3.27. The molecule has 0 saturated heterocycles. The van der Waals surface area contributed by atoms with Crippen LogP contribution in [0.15, 0.2) is 24.3 Å². The van der Waals surface area contributed by atoms with E-state index in [-0.39, 0.29) is 0 Å². The van der Waals surface area contributed by atoms with Crippen molar-refractivity contribution in [3.8, 4) is 0 Å². The molecule has 96 valence electrons. The average Bonchev–Trinajstić information content (AvgIpc) is 2.38. The fourth-order valence-electron chi connectivity index (χ4n) is 2.22. The molecule has 0 radical (unpaired) electrons. The van der Waals surface area contributed by atoms with Gasteiger partial charge in [0.05, 0.1) is 0 Å². The summed E-state index contributed by atoms with van der Waals surface area (Å²) in [6, 6.07) is 9.21. The van der Waals surface area contributed by atoms with Crippen molar-refractivity contribution in [2.24, 2.45) is 5.73 Å². The van der Waals surface area contributed by atoms with Crippen molar-refractivity contribution >= 4 is 0 Å². The molecule has 2 nitrogen and oxygen atoms in total. The van der Waals surface area contributed by atoms with Crippen molar-refractivity contribution in [3.05, 3.63) is 35.4 Å². The van der Waals surface area contributed by atoms with Gasteiger partial charge < -0.3 is 5.73 Å². The maximum Gasteiger partial charge on any atom is 0.0319 e. The zero-order valence-electron chi connectivity index (χ0n) is 11.4. The van der Waals surface area contributed by atoms with E-state index < -0.39 is 0 Å². The van der Waals surface area contributed by atoms with E-state index in [9.17, 15) is 0 Å². The highest BCUT2D eigenvalue weighted by atomic mass is 15.1. The molecule has 17 heavy (non-hydrogen) atoms. The van der Waals surface area contributed by atoms with Gasteiger partial charge in [-0.05, 0) is 44.0 Å². The summed E-state index contributed by atoms with van der Waals surface area (Å²) in [5.41, 5.74) is 8.22. The highest BCUT2D eigenvalue weighted by Crippen LogP contribution is 2.21. The van der Waals surface area contributed by atoms with Gasteiger partial charge in [-0.25, -0.2) is 0 Å². The highest BCUT2D eigenvalue weighted by molar-refractivity contribution is 5.24. The Labute approximate surface area is 106 Å². The average molecular weight is 234 g/mol. The van der Waals surface area contributed by atoms with E-state index in [1.807, 2.05) is 0 Å². The summed E-state index contributed by atoms with van der Waals surface area (Å²) in [7, 11) is 0. The van der Waals surface area contributed by atoms with Gasteiger partial charge in [-0.2, -0.15) is 0 Å².